The lowest BCUT2D eigenvalue weighted by atomic mass is 9.60. The summed E-state index contributed by atoms with van der Waals surface area (Å²) >= 11 is 2.53. The molecule has 2 N–H and O–H groups in total. The molecule has 25 heavy (non-hydrogen) atoms. The number of unbranched alkanes of at least 4 members (excludes halogenated alkanes) is 2. The van der Waals surface area contributed by atoms with Crippen LogP contribution in [-0.2, 0) is 0 Å². The molecule has 3 aliphatic rings. The summed E-state index contributed by atoms with van der Waals surface area (Å²) < 4.78 is 1.31. The van der Waals surface area contributed by atoms with Crippen molar-refractivity contribution >= 4 is 22.6 Å². The maximum atomic E-state index is 6.96. The molecular formula is C22H41IN2. The molecule has 1 saturated heterocycles. The van der Waals surface area contributed by atoms with E-state index in [1.165, 1.54) is 68.6 Å². The summed E-state index contributed by atoms with van der Waals surface area (Å²) in [7, 11) is 0. The molecule has 0 amide bonds. The molecule has 1 heterocycles. The molecule has 0 aromatic carbocycles. The highest BCUT2D eigenvalue weighted by molar-refractivity contribution is 14.1. The fourth-order valence-corrected chi connectivity index (χ4v) is 7.42. The first kappa shape index (κ1) is 20.4. The number of alkyl halides is 1. The van der Waals surface area contributed by atoms with Gasteiger partial charge in [0.2, 0.25) is 0 Å². The van der Waals surface area contributed by atoms with Crippen molar-refractivity contribution in [3.63, 3.8) is 0 Å². The van der Waals surface area contributed by atoms with Gasteiger partial charge >= 0.3 is 0 Å². The van der Waals surface area contributed by atoms with Crippen molar-refractivity contribution in [1.82, 2.24) is 5.01 Å². The minimum atomic E-state index is 0.678. The monoisotopic (exact) mass is 460 g/mol. The first-order chi connectivity index (χ1) is 12.1. The van der Waals surface area contributed by atoms with E-state index in [4.69, 9.17) is 5.84 Å². The Labute approximate surface area is 170 Å². The molecular weight excluding hydrogens is 419 g/mol. The lowest BCUT2D eigenvalue weighted by Crippen LogP contribution is -2.52. The van der Waals surface area contributed by atoms with Crippen LogP contribution in [0.25, 0.3) is 0 Å². The molecule has 146 valence electrons. The summed E-state index contributed by atoms with van der Waals surface area (Å²) in [6.45, 7) is 7.41. The van der Waals surface area contributed by atoms with Crippen LogP contribution < -0.4 is 5.84 Å². The van der Waals surface area contributed by atoms with Crippen LogP contribution in [0.4, 0.5) is 0 Å². The molecule has 0 radical (unpaired) electrons. The van der Waals surface area contributed by atoms with Gasteiger partial charge in [0.15, 0.2) is 0 Å². The van der Waals surface area contributed by atoms with Crippen LogP contribution in [0.1, 0.15) is 85.0 Å². The number of nitrogens with zero attached hydrogens (tertiary/aromatic N) is 1. The number of halogens is 1. The van der Waals surface area contributed by atoms with E-state index in [0.29, 0.717) is 12.1 Å². The second kappa shape index (κ2) is 9.23. The van der Waals surface area contributed by atoms with E-state index >= 15 is 0 Å². The topological polar surface area (TPSA) is 29.3 Å². The van der Waals surface area contributed by atoms with Gasteiger partial charge in [-0.25, -0.2) is 5.01 Å². The summed E-state index contributed by atoms with van der Waals surface area (Å²) in [5, 5.41) is 2.45. The highest BCUT2D eigenvalue weighted by Crippen LogP contribution is 2.56. The molecule has 2 nitrogen and oxygen atoms in total. The van der Waals surface area contributed by atoms with Crippen LogP contribution in [0.5, 0.6) is 0 Å². The van der Waals surface area contributed by atoms with Gasteiger partial charge in [-0.3, -0.25) is 5.84 Å². The Hall–Kier alpha value is 0.650. The lowest BCUT2D eigenvalue weighted by Gasteiger charge is -2.43. The maximum Gasteiger partial charge on any atom is 0.0306 e. The Morgan fingerprint density at radius 3 is 1.84 bits per heavy atom. The summed E-state index contributed by atoms with van der Waals surface area (Å²) in [6.07, 6.45) is 14.1. The standard InChI is InChI=1S/C22H41IN2/c1-4-5-8-17-12-10-15(2)19-20-16(3)11-13-18(9-6-7-14-23)22(20)25(24)21(17)19/h15-22H,4-14,24H2,1-3H3. The zero-order valence-corrected chi connectivity index (χ0v) is 19.0. The van der Waals surface area contributed by atoms with Crippen molar-refractivity contribution in [3.05, 3.63) is 0 Å². The van der Waals surface area contributed by atoms with Gasteiger partial charge in [-0.2, -0.15) is 0 Å². The highest BCUT2D eigenvalue weighted by Gasteiger charge is 2.57. The van der Waals surface area contributed by atoms with E-state index in [1.54, 1.807) is 0 Å². The van der Waals surface area contributed by atoms with E-state index < -0.39 is 0 Å². The van der Waals surface area contributed by atoms with E-state index in [2.05, 4.69) is 48.4 Å². The van der Waals surface area contributed by atoms with Crippen LogP contribution in [0, 0.1) is 35.5 Å². The van der Waals surface area contributed by atoms with E-state index in [-0.39, 0.29) is 0 Å². The van der Waals surface area contributed by atoms with Gasteiger partial charge in [0.1, 0.15) is 0 Å². The van der Waals surface area contributed by atoms with E-state index in [9.17, 15) is 0 Å². The van der Waals surface area contributed by atoms with Crippen molar-refractivity contribution in [2.45, 2.75) is 97.1 Å². The van der Waals surface area contributed by atoms with Crippen molar-refractivity contribution in [2.75, 3.05) is 4.43 Å². The van der Waals surface area contributed by atoms with Gasteiger partial charge in [-0.15, -0.1) is 0 Å². The van der Waals surface area contributed by atoms with Gasteiger partial charge < -0.3 is 0 Å². The van der Waals surface area contributed by atoms with Crippen molar-refractivity contribution in [1.29, 1.82) is 0 Å². The van der Waals surface area contributed by atoms with E-state index in [0.717, 1.165) is 35.5 Å². The summed E-state index contributed by atoms with van der Waals surface area (Å²) in [4.78, 5) is 0. The minimum Gasteiger partial charge on any atom is -0.268 e. The van der Waals surface area contributed by atoms with Gasteiger partial charge in [-0.1, -0.05) is 75.5 Å². The molecule has 2 saturated carbocycles. The maximum absolute atomic E-state index is 6.96. The first-order valence-electron chi connectivity index (χ1n) is 11.2. The van der Waals surface area contributed by atoms with Crippen LogP contribution >= 0.6 is 22.6 Å². The Balaban J connectivity index is 1.80. The quantitative estimate of drug-likeness (QED) is 0.217. The average molecular weight is 460 g/mol. The van der Waals surface area contributed by atoms with Gasteiger partial charge in [0, 0.05) is 12.1 Å². The fraction of sp³-hybridized carbons (Fsp3) is 1.00. The zero-order chi connectivity index (χ0) is 18.0. The number of hydrazine groups is 1. The number of fused-ring (bicyclic) bond motifs is 3. The molecule has 3 heteroatoms. The number of nitrogens with two attached hydrogens (primary N) is 1. The summed E-state index contributed by atoms with van der Waals surface area (Å²) in [6, 6.07) is 1.36. The molecule has 0 bridgehead atoms. The van der Waals surface area contributed by atoms with Crippen LogP contribution in [0.15, 0.2) is 0 Å². The molecule has 8 unspecified atom stereocenters. The normalized spacial score (nSPS) is 44.5. The SMILES string of the molecule is CCCCC1CCC(C)C2C3C(C)CCC(CCCCI)C3N(N)C12. The second-order valence-electron chi connectivity index (χ2n) is 9.54. The van der Waals surface area contributed by atoms with Crippen molar-refractivity contribution in [2.24, 2.45) is 41.4 Å². The van der Waals surface area contributed by atoms with Gasteiger partial charge in [0.05, 0.1) is 0 Å². The first-order valence-corrected chi connectivity index (χ1v) is 12.7. The Morgan fingerprint density at radius 1 is 0.840 bits per heavy atom. The molecule has 0 aromatic heterocycles. The van der Waals surface area contributed by atoms with Gasteiger partial charge in [0.25, 0.3) is 0 Å². The predicted molar refractivity (Wildman–Crippen MR) is 117 cm³/mol. The Morgan fingerprint density at radius 2 is 1.36 bits per heavy atom. The van der Waals surface area contributed by atoms with Crippen molar-refractivity contribution in [3.8, 4) is 0 Å². The molecule has 0 spiro atoms. The predicted octanol–water partition coefficient (Wildman–Crippen LogP) is 6.03. The van der Waals surface area contributed by atoms with Crippen LogP contribution in [-0.4, -0.2) is 21.5 Å². The van der Waals surface area contributed by atoms with Crippen LogP contribution in [0.3, 0.4) is 0 Å². The molecule has 1 aliphatic heterocycles. The number of hydrogen-bond donors (Lipinski definition) is 1. The summed E-state index contributed by atoms with van der Waals surface area (Å²) in [5.41, 5.74) is 0. The largest absolute Gasteiger partial charge is 0.268 e. The third-order valence-electron chi connectivity index (χ3n) is 8.07. The molecule has 8 atom stereocenters. The minimum absolute atomic E-state index is 0.678. The highest BCUT2D eigenvalue weighted by atomic mass is 127. The van der Waals surface area contributed by atoms with Crippen LogP contribution in [0.2, 0.25) is 0 Å². The third kappa shape index (κ3) is 4.08. The molecule has 0 aromatic rings. The average Bonchev–Trinajstić information content (AvgIpc) is 2.92. The van der Waals surface area contributed by atoms with E-state index in [1.807, 2.05) is 0 Å². The molecule has 3 rings (SSSR count). The van der Waals surface area contributed by atoms with Crippen molar-refractivity contribution < 1.29 is 0 Å². The molecule has 3 fully saturated rings. The number of hydrogen-bond acceptors (Lipinski definition) is 2. The third-order valence-corrected chi connectivity index (χ3v) is 8.84. The fourth-order valence-electron chi connectivity index (χ4n) is 6.88. The van der Waals surface area contributed by atoms with Gasteiger partial charge in [-0.05, 0) is 72.0 Å². The summed E-state index contributed by atoms with van der Waals surface area (Å²) in [5.74, 6) is 12.2. The Bertz CT molecular complexity index is 413. The lowest BCUT2D eigenvalue weighted by molar-refractivity contribution is 0.0508. The second-order valence-corrected chi connectivity index (χ2v) is 10.6. The number of rotatable bonds is 7. The smallest absolute Gasteiger partial charge is 0.0306 e. The zero-order valence-electron chi connectivity index (χ0n) is 16.8. The Kier molecular flexibility index (Phi) is 7.53. The molecule has 2 aliphatic carbocycles.